The van der Waals surface area contributed by atoms with E-state index in [1.807, 2.05) is 12.1 Å². The minimum atomic E-state index is -3.40. The average molecular weight is 275 g/mol. The Morgan fingerprint density at radius 3 is 2.18 bits per heavy atom. The van der Waals surface area contributed by atoms with Crippen LogP contribution in [0.15, 0.2) is 24.3 Å². The number of hydrogen-bond acceptors (Lipinski definition) is 2. The van der Waals surface area contributed by atoms with Crippen LogP contribution in [0.3, 0.4) is 0 Å². The topological polar surface area (TPSA) is 49.4 Å². The second-order valence-electron chi connectivity index (χ2n) is 4.48. The molecule has 0 amide bonds. The van der Waals surface area contributed by atoms with Gasteiger partial charge in [0.05, 0.1) is 5.54 Å². The molecule has 1 aromatic carbocycles. The summed E-state index contributed by atoms with van der Waals surface area (Å²) in [6.07, 6.45) is 1.64. The van der Waals surface area contributed by atoms with Crippen molar-refractivity contribution in [1.29, 1.82) is 0 Å². The van der Waals surface area contributed by atoms with Crippen molar-refractivity contribution < 1.29 is 8.42 Å². The molecule has 0 saturated heterocycles. The highest BCUT2D eigenvalue weighted by atomic mass is 35.5. The maximum atomic E-state index is 11.8. The van der Waals surface area contributed by atoms with Crippen LogP contribution in [-0.2, 0) is 15.7 Å². The fraction of sp³-hybridized carbons (Fsp3) is 0.455. The largest absolute Gasteiger partial charge is 0.279 e. The minimum Gasteiger partial charge on any atom is -0.195 e. The normalized spacial score (nSPS) is 18.4. The van der Waals surface area contributed by atoms with Crippen molar-refractivity contribution in [3.05, 3.63) is 34.9 Å². The SMILES string of the molecule is CN(C)S(=O)(=O)NC1(c2ccc(Cl)cc2)CC1. The van der Waals surface area contributed by atoms with E-state index in [9.17, 15) is 8.42 Å². The monoisotopic (exact) mass is 274 g/mol. The zero-order chi connectivity index (χ0) is 12.7. The van der Waals surface area contributed by atoms with Crippen LogP contribution in [0.2, 0.25) is 5.02 Å². The molecule has 94 valence electrons. The molecule has 0 heterocycles. The molecule has 0 bridgehead atoms. The smallest absolute Gasteiger partial charge is 0.195 e. The molecule has 0 atom stereocenters. The van der Waals surface area contributed by atoms with Crippen LogP contribution >= 0.6 is 11.6 Å². The van der Waals surface area contributed by atoms with Gasteiger partial charge in [0.15, 0.2) is 0 Å². The van der Waals surface area contributed by atoms with E-state index < -0.39 is 15.7 Å². The predicted octanol–water partition coefficient (Wildman–Crippen LogP) is 1.73. The van der Waals surface area contributed by atoms with E-state index in [1.165, 1.54) is 18.4 Å². The van der Waals surface area contributed by atoms with Crippen LogP contribution in [-0.4, -0.2) is 26.8 Å². The second kappa shape index (κ2) is 4.24. The lowest BCUT2D eigenvalue weighted by atomic mass is 10.1. The van der Waals surface area contributed by atoms with Gasteiger partial charge in [-0.25, -0.2) is 0 Å². The predicted molar refractivity (Wildman–Crippen MR) is 68.1 cm³/mol. The summed E-state index contributed by atoms with van der Waals surface area (Å²) in [5.41, 5.74) is 0.528. The molecule has 1 fully saturated rings. The van der Waals surface area contributed by atoms with Crippen molar-refractivity contribution in [2.45, 2.75) is 18.4 Å². The summed E-state index contributed by atoms with van der Waals surface area (Å²) >= 11 is 5.82. The van der Waals surface area contributed by atoms with Crippen LogP contribution in [0.1, 0.15) is 18.4 Å². The summed E-state index contributed by atoms with van der Waals surface area (Å²) in [5.74, 6) is 0. The quantitative estimate of drug-likeness (QED) is 0.909. The summed E-state index contributed by atoms with van der Waals surface area (Å²) in [4.78, 5) is 0. The Morgan fingerprint density at radius 2 is 1.76 bits per heavy atom. The van der Waals surface area contributed by atoms with E-state index >= 15 is 0 Å². The lowest BCUT2D eigenvalue weighted by Crippen LogP contribution is -2.42. The van der Waals surface area contributed by atoms with Gasteiger partial charge in [-0.3, -0.25) is 0 Å². The van der Waals surface area contributed by atoms with Gasteiger partial charge in [-0.1, -0.05) is 23.7 Å². The van der Waals surface area contributed by atoms with Crippen molar-refractivity contribution >= 4 is 21.8 Å². The highest BCUT2D eigenvalue weighted by Gasteiger charge is 2.47. The number of hydrogen-bond donors (Lipinski definition) is 1. The Morgan fingerprint density at radius 1 is 1.24 bits per heavy atom. The molecule has 4 nitrogen and oxygen atoms in total. The number of halogens is 1. The molecule has 0 unspecified atom stereocenters. The summed E-state index contributed by atoms with van der Waals surface area (Å²) < 4.78 is 27.5. The lowest BCUT2D eigenvalue weighted by molar-refractivity contribution is 0.484. The summed E-state index contributed by atoms with van der Waals surface area (Å²) in [7, 11) is -0.373. The van der Waals surface area contributed by atoms with Gasteiger partial charge in [0.25, 0.3) is 10.2 Å². The Labute approximate surface area is 107 Å². The van der Waals surface area contributed by atoms with Gasteiger partial charge in [-0.15, -0.1) is 0 Å². The van der Waals surface area contributed by atoms with Crippen molar-refractivity contribution in [2.24, 2.45) is 0 Å². The van der Waals surface area contributed by atoms with E-state index in [1.54, 1.807) is 12.1 Å². The third-order valence-corrected chi connectivity index (χ3v) is 4.81. The molecule has 0 spiro atoms. The van der Waals surface area contributed by atoms with Crippen molar-refractivity contribution in [1.82, 2.24) is 9.03 Å². The first kappa shape index (κ1) is 12.8. The number of nitrogens with zero attached hydrogens (tertiary/aromatic N) is 1. The van der Waals surface area contributed by atoms with Gasteiger partial charge in [-0.2, -0.15) is 17.4 Å². The van der Waals surface area contributed by atoms with Crippen molar-refractivity contribution in [3.8, 4) is 0 Å². The molecule has 1 saturated carbocycles. The molecule has 6 heteroatoms. The van der Waals surface area contributed by atoms with Crippen molar-refractivity contribution in [3.63, 3.8) is 0 Å². The molecular weight excluding hydrogens is 260 g/mol. The summed E-state index contributed by atoms with van der Waals surface area (Å²) in [6, 6.07) is 7.29. The maximum absolute atomic E-state index is 11.8. The van der Waals surface area contributed by atoms with E-state index in [-0.39, 0.29) is 0 Å². The molecule has 0 radical (unpaired) electrons. The molecule has 1 N–H and O–H groups in total. The fourth-order valence-electron chi connectivity index (χ4n) is 1.68. The standard InChI is InChI=1S/C11H15ClN2O2S/c1-14(2)17(15,16)13-11(7-8-11)9-3-5-10(12)6-4-9/h3-6,13H,7-8H2,1-2H3. The Balaban J connectivity index is 2.24. The van der Waals surface area contributed by atoms with Gasteiger partial charge >= 0.3 is 0 Å². The highest BCUT2D eigenvalue weighted by molar-refractivity contribution is 7.87. The van der Waals surface area contributed by atoms with E-state index in [0.717, 1.165) is 18.4 Å². The molecule has 1 aliphatic carbocycles. The Hall–Kier alpha value is -0.620. The fourth-order valence-corrected chi connectivity index (χ4v) is 2.81. The highest BCUT2D eigenvalue weighted by Crippen LogP contribution is 2.46. The van der Waals surface area contributed by atoms with E-state index in [0.29, 0.717) is 5.02 Å². The van der Waals surface area contributed by atoms with Gasteiger partial charge in [0, 0.05) is 19.1 Å². The maximum Gasteiger partial charge on any atom is 0.279 e. The summed E-state index contributed by atoms with van der Waals surface area (Å²) in [6.45, 7) is 0. The average Bonchev–Trinajstić information content (AvgIpc) is 2.98. The summed E-state index contributed by atoms with van der Waals surface area (Å²) in [5, 5.41) is 0.653. The molecule has 2 rings (SSSR count). The lowest BCUT2D eigenvalue weighted by Gasteiger charge is -2.21. The van der Waals surface area contributed by atoms with Gasteiger partial charge in [-0.05, 0) is 30.5 Å². The first-order valence-electron chi connectivity index (χ1n) is 5.33. The van der Waals surface area contributed by atoms with Crippen LogP contribution in [0.4, 0.5) is 0 Å². The van der Waals surface area contributed by atoms with Gasteiger partial charge in [0.1, 0.15) is 0 Å². The zero-order valence-electron chi connectivity index (χ0n) is 9.77. The number of rotatable bonds is 4. The molecule has 0 aliphatic heterocycles. The zero-order valence-corrected chi connectivity index (χ0v) is 11.3. The van der Waals surface area contributed by atoms with Crippen molar-refractivity contribution in [2.75, 3.05) is 14.1 Å². The van der Waals surface area contributed by atoms with Crippen LogP contribution in [0, 0.1) is 0 Å². The first-order chi connectivity index (χ1) is 7.86. The molecule has 0 aromatic heterocycles. The number of nitrogens with one attached hydrogen (secondary N) is 1. The third-order valence-electron chi connectivity index (χ3n) is 2.95. The Bertz CT molecular complexity index is 507. The second-order valence-corrected chi connectivity index (χ2v) is 6.80. The molecular formula is C11H15ClN2O2S. The third kappa shape index (κ3) is 2.63. The van der Waals surface area contributed by atoms with Gasteiger partial charge < -0.3 is 0 Å². The van der Waals surface area contributed by atoms with Crippen LogP contribution in [0.5, 0.6) is 0 Å². The van der Waals surface area contributed by atoms with Crippen LogP contribution in [0.25, 0.3) is 0 Å². The van der Waals surface area contributed by atoms with E-state index in [4.69, 9.17) is 11.6 Å². The molecule has 1 aromatic rings. The molecule has 17 heavy (non-hydrogen) atoms. The Kier molecular flexibility index (Phi) is 3.20. The van der Waals surface area contributed by atoms with Gasteiger partial charge in [0.2, 0.25) is 0 Å². The van der Waals surface area contributed by atoms with E-state index in [2.05, 4.69) is 4.72 Å². The number of benzene rings is 1. The molecule has 1 aliphatic rings. The first-order valence-corrected chi connectivity index (χ1v) is 7.15. The van der Waals surface area contributed by atoms with Crippen LogP contribution < -0.4 is 4.72 Å². The minimum absolute atomic E-state index is 0.437.